The van der Waals surface area contributed by atoms with Crippen molar-refractivity contribution in [3.8, 4) is 0 Å². The second-order valence-electron chi connectivity index (χ2n) is 7.91. The molecule has 3 fully saturated rings. The minimum Gasteiger partial charge on any atom is -0.354 e. The Bertz CT molecular complexity index is 874. The third-order valence-electron chi connectivity index (χ3n) is 5.71. The van der Waals surface area contributed by atoms with Gasteiger partial charge in [-0.2, -0.15) is 0 Å². The van der Waals surface area contributed by atoms with Gasteiger partial charge in [-0.15, -0.1) is 0 Å². The molecule has 7 nitrogen and oxygen atoms in total. The van der Waals surface area contributed by atoms with Gasteiger partial charge in [0.05, 0.1) is 4.91 Å². The molecule has 2 saturated heterocycles. The average molecular weight is 428 g/mol. The van der Waals surface area contributed by atoms with Gasteiger partial charge in [0.2, 0.25) is 11.8 Å². The van der Waals surface area contributed by atoms with E-state index in [1.165, 1.54) is 4.90 Å². The second kappa shape index (κ2) is 9.04. The molecule has 158 valence electrons. The summed E-state index contributed by atoms with van der Waals surface area (Å²) in [4.78, 5) is 52.7. The number of nitrogens with zero attached hydrogens (tertiary/aromatic N) is 2. The first-order valence-corrected chi connectivity index (χ1v) is 11.2. The molecule has 30 heavy (non-hydrogen) atoms. The van der Waals surface area contributed by atoms with Gasteiger partial charge in [-0.25, -0.2) is 0 Å². The van der Waals surface area contributed by atoms with Crippen molar-refractivity contribution in [2.75, 3.05) is 26.2 Å². The quantitative estimate of drug-likeness (QED) is 0.705. The molecule has 0 atom stereocenters. The number of rotatable bonds is 6. The van der Waals surface area contributed by atoms with E-state index < -0.39 is 0 Å². The highest BCUT2D eigenvalue weighted by atomic mass is 32.2. The predicted octanol–water partition coefficient (Wildman–Crippen LogP) is 2.49. The number of likely N-dealkylation sites (tertiary alicyclic amines) is 1. The summed E-state index contributed by atoms with van der Waals surface area (Å²) >= 11 is 0.922. The number of nitrogens with one attached hydrogen (secondary N) is 1. The van der Waals surface area contributed by atoms with Gasteiger partial charge in [0.15, 0.2) is 0 Å². The van der Waals surface area contributed by atoms with Crippen molar-refractivity contribution in [1.82, 2.24) is 15.1 Å². The number of hydrogen-bond donors (Lipinski definition) is 1. The summed E-state index contributed by atoms with van der Waals surface area (Å²) < 4.78 is 0. The van der Waals surface area contributed by atoms with Gasteiger partial charge in [0.1, 0.15) is 0 Å². The number of piperidine rings is 1. The van der Waals surface area contributed by atoms with Crippen LogP contribution in [0, 0.1) is 11.8 Å². The van der Waals surface area contributed by atoms with Crippen LogP contribution in [0.3, 0.4) is 0 Å². The molecule has 1 aromatic rings. The molecule has 4 amide bonds. The highest BCUT2D eigenvalue weighted by molar-refractivity contribution is 8.18. The Labute approximate surface area is 179 Å². The number of hydrogen-bond acceptors (Lipinski definition) is 5. The summed E-state index contributed by atoms with van der Waals surface area (Å²) in [6, 6.07) is 9.38. The second-order valence-corrected chi connectivity index (χ2v) is 8.90. The SMILES string of the molecule is O=C(NCCN1C(=O)SC(=Cc2ccccc2)C1=O)C1CCN(C(=O)C2CC2)CC1. The van der Waals surface area contributed by atoms with Crippen LogP contribution in [0.5, 0.6) is 0 Å². The van der Waals surface area contributed by atoms with Crippen molar-refractivity contribution in [2.24, 2.45) is 11.8 Å². The minimum atomic E-state index is -0.324. The van der Waals surface area contributed by atoms with Crippen LogP contribution in [0.2, 0.25) is 0 Å². The van der Waals surface area contributed by atoms with E-state index >= 15 is 0 Å². The van der Waals surface area contributed by atoms with Crippen LogP contribution in [0.25, 0.3) is 6.08 Å². The molecule has 3 aliphatic rings. The molecular formula is C22H25N3O4S. The zero-order valence-electron chi connectivity index (χ0n) is 16.7. The van der Waals surface area contributed by atoms with Crippen molar-refractivity contribution in [1.29, 1.82) is 0 Å². The van der Waals surface area contributed by atoms with Crippen molar-refractivity contribution < 1.29 is 19.2 Å². The van der Waals surface area contributed by atoms with Gasteiger partial charge >= 0.3 is 0 Å². The molecule has 0 spiro atoms. The van der Waals surface area contributed by atoms with E-state index in [9.17, 15) is 19.2 Å². The van der Waals surface area contributed by atoms with Gasteiger partial charge in [-0.05, 0) is 49.1 Å². The monoisotopic (exact) mass is 427 g/mol. The molecule has 1 N–H and O–H groups in total. The smallest absolute Gasteiger partial charge is 0.293 e. The first kappa shape index (κ1) is 20.7. The third kappa shape index (κ3) is 4.75. The van der Waals surface area contributed by atoms with E-state index in [0.717, 1.165) is 30.2 Å². The number of thioether (sulfide) groups is 1. The van der Waals surface area contributed by atoms with Crippen LogP contribution in [0.1, 0.15) is 31.2 Å². The minimum absolute atomic E-state index is 0.0691. The van der Waals surface area contributed by atoms with E-state index in [-0.39, 0.29) is 47.9 Å². The van der Waals surface area contributed by atoms with Gasteiger partial charge in [0, 0.05) is 38.0 Å². The third-order valence-corrected chi connectivity index (χ3v) is 6.62. The Hall–Kier alpha value is -2.61. The van der Waals surface area contributed by atoms with Crippen LogP contribution >= 0.6 is 11.8 Å². The normalized spacial score (nSPS) is 21.4. The summed E-state index contributed by atoms with van der Waals surface area (Å²) in [5.74, 6) is -0.0714. The highest BCUT2D eigenvalue weighted by Gasteiger charge is 2.37. The zero-order chi connectivity index (χ0) is 21.1. The Morgan fingerprint density at radius 1 is 1.03 bits per heavy atom. The summed E-state index contributed by atoms with van der Waals surface area (Å²) in [5, 5.41) is 2.53. The van der Waals surface area contributed by atoms with E-state index in [4.69, 9.17) is 0 Å². The summed E-state index contributed by atoms with van der Waals surface area (Å²) in [6.45, 7) is 1.64. The summed E-state index contributed by atoms with van der Waals surface area (Å²) in [5.41, 5.74) is 0.864. The molecule has 1 saturated carbocycles. The molecule has 0 aromatic heterocycles. The first-order chi connectivity index (χ1) is 14.5. The molecule has 0 unspecified atom stereocenters. The molecule has 2 aliphatic heterocycles. The van der Waals surface area contributed by atoms with Crippen molar-refractivity contribution in [2.45, 2.75) is 25.7 Å². The van der Waals surface area contributed by atoms with Gasteiger partial charge in [0.25, 0.3) is 11.1 Å². The maximum absolute atomic E-state index is 12.5. The topological polar surface area (TPSA) is 86.8 Å². The molecule has 1 aliphatic carbocycles. The number of amides is 4. The molecular weight excluding hydrogens is 402 g/mol. The fourth-order valence-corrected chi connectivity index (χ4v) is 4.64. The van der Waals surface area contributed by atoms with Crippen LogP contribution in [0.4, 0.5) is 4.79 Å². The average Bonchev–Trinajstić information content (AvgIpc) is 3.57. The fourth-order valence-electron chi connectivity index (χ4n) is 3.78. The number of imide groups is 1. The van der Waals surface area contributed by atoms with E-state index in [0.29, 0.717) is 30.8 Å². The Morgan fingerprint density at radius 2 is 1.73 bits per heavy atom. The van der Waals surface area contributed by atoms with Crippen LogP contribution in [-0.4, -0.2) is 58.9 Å². The number of carbonyl (C=O) groups excluding carboxylic acids is 4. The van der Waals surface area contributed by atoms with E-state index in [1.807, 2.05) is 35.2 Å². The first-order valence-electron chi connectivity index (χ1n) is 10.4. The van der Waals surface area contributed by atoms with Crippen LogP contribution in [0.15, 0.2) is 35.2 Å². The number of carbonyl (C=O) groups is 4. The molecule has 2 heterocycles. The van der Waals surface area contributed by atoms with Crippen LogP contribution in [-0.2, 0) is 14.4 Å². The van der Waals surface area contributed by atoms with Gasteiger partial charge < -0.3 is 10.2 Å². The maximum atomic E-state index is 12.5. The molecule has 1 aromatic carbocycles. The van der Waals surface area contributed by atoms with Gasteiger partial charge in [-0.3, -0.25) is 24.1 Å². The van der Waals surface area contributed by atoms with Crippen molar-refractivity contribution >= 4 is 40.8 Å². The summed E-state index contributed by atoms with van der Waals surface area (Å²) in [6.07, 6.45) is 5.01. The number of benzene rings is 1. The zero-order valence-corrected chi connectivity index (χ0v) is 17.5. The highest BCUT2D eigenvalue weighted by Crippen LogP contribution is 2.33. The molecule has 4 rings (SSSR count). The Morgan fingerprint density at radius 3 is 2.40 bits per heavy atom. The Balaban J connectivity index is 1.22. The van der Waals surface area contributed by atoms with Crippen LogP contribution < -0.4 is 5.32 Å². The van der Waals surface area contributed by atoms with Crippen molar-refractivity contribution in [3.05, 3.63) is 40.8 Å². The van der Waals surface area contributed by atoms with E-state index in [1.54, 1.807) is 6.08 Å². The lowest BCUT2D eigenvalue weighted by Crippen LogP contribution is -2.45. The largest absolute Gasteiger partial charge is 0.354 e. The standard InChI is InChI=1S/C22H25N3O4S/c26-19(16-8-11-24(12-9-16)20(27)17-6-7-17)23-10-13-25-21(28)18(30-22(25)29)14-15-4-2-1-3-5-15/h1-5,14,16-17H,6-13H2,(H,23,26). The fraction of sp³-hybridized carbons (Fsp3) is 0.455. The lowest BCUT2D eigenvalue weighted by atomic mass is 9.95. The van der Waals surface area contributed by atoms with E-state index in [2.05, 4.69) is 5.32 Å². The molecule has 0 bridgehead atoms. The van der Waals surface area contributed by atoms with Gasteiger partial charge in [-0.1, -0.05) is 30.3 Å². The summed E-state index contributed by atoms with van der Waals surface area (Å²) in [7, 11) is 0. The lowest BCUT2D eigenvalue weighted by Gasteiger charge is -2.31. The maximum Gasteiger partial charge on any atom is 0.293 e. The van der Waals surface area contributed by atoms with Crippen molar-refractivity contribution in [3.63, 3.8) is 0 Å². The predicted molar refractivity (Wildman–Crippen MR) is 114 cm³/mol. The Kier molecular flexibility index (Phi) is 6.22. The molecule has 8 heteroatoms. The molecule has 0 radical (unpaired) electrons. The lowest BCUT2D eigenvalue weighted by molar-refractivity contribution is -0.136.